The van der Waals surface area contributed by atoms with E-state index in [2.05, 4.69) is 40.3 Å². The fourth-order valence-corrected chi connectivity index (χ4v) is 3.89. The molecule has 0 bridgehead atoms. The normalized spacial score (nSPS) is 16.9. The van der Waals surface area contributed by atoms with E-state index >= 15 is 0 Å². The molecule has 0 aliphatic carbocycles. The Morgan fingerprint density at radius 2 is 2.04 bits per heavy atom. The molecule has 1 fully saturated rings. The standard InChI is InChI=1S/C23H26N4O/c1-17-8-10-18(11-9-17)21-16-22(26-25-21)23(28)27-15-5-3-7-20(27)13-12-19-6-2-4-14-24-19/h2,4,6,8-11,14,16,20H,3,5,7,12-13,15H2,1H3,(H,25,26)/t20-/m0/s1. The summed E-state index contributed by atoms with van der Waals surface area (Å²) in [5, 5.41) is 7.32. The molecule has 0 radical (unpaired) electrons. The van der Waals surface area contributed by atoms with Crippen molar-refractivity contribution in [3.05, 3.63) is 71.7 Å². The minimum atomic E-state index is 0.0524. The number of aromatic nitrogens is 3. The van der Waals surface area contributed by atoms with Crippen LogP contribution in [-0.4, -0.2) is 38.6 Å². The summed E-state index contributed by atoms with van der Waals surface area (Å²) in [6.07, 6.45) is 6.96. The Bertz CT molecular complexity index is 917. The van der Waals surface area contributed by atoms with Gasteiger partial charge in [0, 0.05) is 30.0 Å². The van der Waals surface area contributed by atoms with Crippen LogP contribution in [0.25, 0.3) is 11.3 Å². The van der Waals surface area contributed by atoms with Gasteiger partial charge in [-0.25, -0.2) is 0 Å². The molecule has 1 amide bonds. The topological polar surface area (TPSA) is 61.9 Å². The first-order valence-corrected chi connectivity index (χ1v) is 10.0. The molecule has 1 aromatic carbocycles. The summed E-state index contributed by atoms with van der Waals surface area (Å²) in [4.78, 5) is 19.6. The smallest absolute Gasteiger partial charge is 0.272 e. The molecule has 1 saturated heterocycles. The van der Waals surface area contributed by atoms with Gasteiger partial charge in [-0.15, -0.1) is 0 Å². The first-order chi connectivity index (χ1) is 13.7. The zero-order chi connectivity index (χ0) is 19.3. The number of nitrogens with zero attached hydrogens (tertiary/aromatic N) is 3. The van der Waals surface area contributed by atoms with Gasteiger partial charge >= 0.3 is 0 Å². The van der Waals surface area contributed by atoms with Crippen LogP contribution in [0.15, 0.2) is 54.7 Å². The molecule has 4 rings (SSSR count). The van der Waals surface area contributed by atoms with Gasteiger partial charge in [-0.3, -0.25) is 14.9 Å². The number of benzene rings is 1. The first kappa shape index (κ1) is 18.4. The van der Waals surface area contributed by atoms with Crippen LogP contribution >= 0.6 is 0 Å². The van der Waals surface area contributed by atoms with Crippen LogP contribution < -0.4 is 0 Å². The second-order valence-electron chi connectivity index (χ2n) is 7.54. The van der Waals surface area contributed by atoms with Crippen molar-refractivity contribution in [2.75, 3.05) is 6.54 Å². The maximum absolute atomic E-state index is 13.2. The number of amides is 1. The third kappa shape index (κ3) is 4.14. The Morgan fingerprint density at radius 3 is 2.82 bits per heavy atom. The fraction of sp³-hybridized carbons (Fsp3) is 0.348. The van der Waals surface area contributed by atoms with Gasteiger partial charge < -0.3 is 4.90 Å². The second-order valence-corrected chi connectivity index (χ2v) is 7.54. The molecule has 5 heteroatoms. The van der Waals surface area contributed by atoms with Crippen LogP contribution in [0, 0.1) is 6.92 Å². The second kappa shape index (κ2) is 8.38. The number of nitrogens with one attached hydrogen (secondary N) is 1. The lowest BCUT2D eigenvalue weighted by Crippen LogP contribution is -2.44. The number of hydrogen-bond donors (Lipinski definition) is 1. The minimum absolute atomic E-state index is 0.0524. The number of piperidine rings is 1. The molecule has 2 aromatic heterocycles. The van der Waals surface area contributed by atoms with E-state index in [0.29, 0.717) is 5.69 Å². The predicted molar refractivity (Wildman–Crippen MR) is 110 cm³/mol. The number of carbonyl (C=O) groups is 1. The summed E-state index contributed by atoms with van der Waals surface area (Å²) in [6, 6.07) is 16.3. The molecule has 1 atom stereocenters. The SMILES string of the molecule is Cc1ccc(-c2cc(C(=O)N3CCCC[C@H]3CCc3ccccn3)[nH]n2)cc1. The molecule has 1 N–H and O–H groups in total. The monoisotopic (exact) mass is 374 g/mol. The Labute approximate surface area is 165 Å². The molecule has 1 aliphatic heterocycles. The van der Waals surface area contributed by atoms with Crippen molar-refractivity contribution in [2.24, 2.45) is 0 Å². The lowest BCUT2D eigenvalue weighted by atomic mass is 9.96. The number of likely N-dealkylation sites (tertiary alicyclic amines) is 1. The molecule has 3 heterocycles. The van der Waals surface area contributed by atoms with Crippen LogP contribution in [-0.2, 0) is 6.42 Å². The molecule has 5 nitrogen and oxygen atoms in total. The summed E-state index contributed by atoms with van der Waals surface area (Å²) < 4.78 is 0. The number of pyridine rings is 1. The van der Waals surface area contributed by atoms with E-state index < -0.39 is 0 Å². The summed E-state index contributed by atoms with van der Waals surface area (Å²) in [5.74, 6) is 0.0524. The Balaban J connectivity index is 1.46. The zero-order valence-corrected chi connectivity index (χ0v) is 16.3. The molecular formula is C23H26N4O. The van der Waals surface area contributed by atoms with Crippen molar-refractivity contribution in [1.82, 2.24) is 20.1 Å². The fourth-order valence-electron chi connectivity index (χ4n) is 3.89. The lowest BCUT2D eigenvalue weighted by Gasteiger charge is -2.35. The Kier molecular flexibility index (Phi) is 5.51. The summed E-state index contributed by atoms with van der Waals surface area (Å²) in [6.45, 7) is 2.87. The minimum Gasteiger partial charge on any atom is -0.334 e. The van der Waals surface area contributed by atoms with Crippen LogP contribution in [0.3, 0.4) is 0 Å². The number of aromatic amines is 1. The largest absolute Gasteiger partial charge is 0.334 e. The molecular weight excluding hydrogens is 348 g/mol. The quantitative estimate of drug-likeness (QED) is 0.720. The molecule has 0 unspecified atom stereocenters. The van der Waals surface area contributed by atoms with Gasteiger partial charge in [-0.2, -0.15) is 5.10 Å². The number of rotatable bonds is 5. The molecule has 3 aromatic rings. The Hall–Kier alpha value is -2.95. The third-order valence-corrected chi connectivity index (χ3v) is 5.50. The molecule has 1 aliphatic rings. The van der Waals surface area contributed by atoms with Crippen molar-refractivity contribution >= 4 is 5.91 Å². The van der Waals surface area contributed by atoms with Crippen molar-refractivity contribution in [3.8, 4) is 11.3 Å². The average Bonchev–Trinajstić information content (AvgIpc) is 3.23. The first-order valence-electron chi connectivity index (χ1n) is 10.0. The van der Waals surface area contributed by atoms with E-state index in [0.717, 1.165) is 49.2 Å². The van der Waals surface area contributed by atoms with E-state index in [1.807, 2.05) is 41.4 Å². The van der Waals surface area contributed by atoms with Crippen molar-refractivity contribution in [1.29, 1.82) is 0 Å². The van der Waals surface area contributed by atoms with Crippen LogP contribution in [0.4, 0.5) is 0 Å². The highest BCUT2D eigenvalue weighted by atomic mass is 16.2. The number of hydrogen-bond acceptors (Lipinski definition) is 3. The van der Waals surface area contributed by atoms with E-state index in [1.54, 1.807) is 0 Å². The molecule has 28 heavy (non-hydrogen) atoms. The summed E-state index contributed by atoms with van der Waals surface area (Å²) >= 11 is 0. The highest BCUT2D eigenvalue weighted by Crippen LogP contribution is 2.24. The molecule has 144 valence electrons. The zero-order valence-electron chi connectivity index (χ0n) is 16.3. The van der Waals surface area contributed by atoms with Crippen molar-refractivity contribution in [2.45, 2.75) is 45.1 Å². The van der Waals surface area contributed by atoms with E-state index in [1.165, 1.54) is 12.0 Å². The van der Waals surface area contributed by atoms with Gasteiger partial charge in [0.15, 0.2) is 0 Å². The lowest BCUT2D eigenvalue weighted by molar-refractivity contribution is 0.0595. The maximum Gasteiger partial charge on any atom is 0.272 e. The highest BCUT2D eigenvalue weighted by Gasteiger charge is 2.28. The number of H-pyrrole nitrogens is 1. The van der Waals surface area contributed by atoms with Crippen LogP contribution in [0.5, 0.6) is 0 Å². The van der Waals surface area contributed by atoms with E-state index in [4.69, 9.17) is 0 Å². The molecule has 0 saturated carbocycles. The Morgan fingerprint density at radius 1 is 1.18 bits per heavy atom. The van der Waals surface area contributed by atoms with Crippen LogP contribution in [0.1, 0.15) is 47.4 Å². The van der Waals surface area contributed by atoms with Crippen LogP contribution in [0.2, 0.25) is 0 Å². The van der Waals surface area contributed by atoms with Gasteiger partial charge in [0.25, 0.3) is 5.91 Å². The van der Waals surface area contributed by atoms with Gasteiger partial charge in [-0.1, -0.05) is 35.9 Å². The average molecular weight is 374 g/mol. The third-order valence-electron chi connectivity index (χ3n) is 5.50. The van der Waals surface area contributed by atoms with Crippen molar-refractivity contribution in [3.63, 3.8) is 0 Å². The summed E-state index contributed by atoms with van der Waals surface area (Å²) in [5.41, 5.74) is 4.69. The molecule has 0 spiro atoms. The maximum atomic E-state index is 13.2. The van der Waals surface area contributed by atoms with Gasteiger partial charge in [0.05, 0.1) is 5.69 Å². The van der Waals surface area contributed by atoms with E-state index in [9.17, 15) is 4.79 Å². The highest BCUT2D eigenvalue weighted by molar-refractivity contribution is 5.93. The predicted octanol–water partition coefficient (Wildman–Crippen LogP) is 4.41. The van der Waals surface area contributed by atoms with Gasteiger partial charge in [0.1, 0.15) is 5.69 Å². The summed E-state index contributed by atoms with van der Waals surface area (Å²) in [7, 11) is 0. The van der Waals surface area contributed by atoms with E-state index in [-0.39, 0.29) is 11.9 Å². The van der Waals surface area contributed by atoms with Gasteiger partial charge in [0.2, 0.25) is 0 Å². The van der Waals surface area contributed by atoms with Gasteiger partial charge in [-0.05, 0) is 57.2 Å². The number of aryl methyl sites for hydroxylation is 2. The number of carbonyl (C=O) groups excluding carboxylic acids is 1. The van der Waals surface area contributed by atoms with Crippen molar-refractivity contribution < 1.29 is 4.79 Å².